The van der Waals surface area contributed by atoms with Crippen LogP contribution in [0.5, 0.6) is 5.75 Å². The number of rotatable bonds is 10. The van der Waals surface area contributed by atoms with Crippen molar-refractivity contribution in [3.8, 4) is 5.75 Å². The Morgan fingerprint density at radius 3 is 2.30 bits per heavy atom. The summed E-state index contributed by atoms with van der Waals surface area (Å²) in [6.45, 7) is 8.85. The number of piperazine rings is 1. The summed E-state index contributed by atoms with van der Waals surface area (Å²) in [6.07, 6.45) is 4.22. The fourth-order valence-electron chi connectivity index (χ4n) is 2.98. The second-order valence-corrected chi connectivity index (χ2v) is 7.00. The molecule has 0 radical (unpaired) electrons. The Bertz CT molecular complexity index is 581. The van der Waals surface area contributed by atoms with E-state index in [4.69, 9.17) is 4.74 Å². The molecule has 0 unspecified atom stereocenters. The van der Waals surface area contributed by atoms with E-state index in [1.165, 1.54) is 0 Å². The topological polar surface area (TPSA) is 61.9 Å². The summed E-state index contributed by atoms with van der Waals surface area (Å²) in [7, 11) is 0. The second-order valence-electron chi connectivity index (χ2n) is 7.00. The van der Waals surface area contributed by atoms with Crippen LogP contribution in [-0.4, -0.2) is 67.5 Å². The highest BCUT2D eigenvalue weighted by molar-refractivity contribution is 5.94. The number of hydrogen-bond acceptors (Lipinski definition) is 4. The van der Waals surface area contributed by atoms with Gasteiger partial charge in [0.25, 0.3) is 5.91 Å². The molecule has 6 nitrogen and oxygen atoms in total. The molecular formula is C21H33N3O3. The lowest BCUT2D eigenvalue weighted by molar-refractivity contribution is -0.122. The van der Waals surface area contributed by atoms with Crippen LogP contribution in [0.2, 0.25) is 0 Å². The number of unbranched alkanes of at least 4 members (excludes halogenated alkanes) is 2. The highest BCUT2D eigenvalue weighted by Crippen LogP contribution is 2.15. The molecule has 1 saturated heterocycles. The first-order valence-electron chi connectivity index (χ1n) is 10.1. The molecule has 150 valence electrons. The molecule has 0 atom stereocenters. The van der Waals surface area contributed by atoms with Gasteiger partial charge in [-0.1, -0.05) is 26.7 Å². The monoisotopic (exact) mass is 375 g/mol. The van der Waals surface area contributed by atoms with E-state index in [-0.39, 0.29) is 11.8 Å². The fraction of sp³-hybridized carbons (Fsp3) is 0.619. The summed E-state index contributed by atoms with van der Waals surface area (Å²) in [6, 6.07) is 7.38. The first-order valence-corrected chi connectivity index (χ1v) is 10.1. The number of nitrogens with one attached hydrogen (secondary N) is 1. The van der Waals surface area contributed by atoms with Crippen LogP contribution in [0.25, 0.3) is 0 Å². The van der Waals surface area contributed by atoms with E-state index in [0.717, 1.165) is 51.1 Å². The molecule has 1 aliphatic heterocycles. The Labute approximate surface area is 162 Å². The minimum atomic E-state index is 0.0437. The zero-order chi connectivity index (χ0) is 19.5. The van der Waals surface area contributed by atoms with Crippen molar-refractivity contribution in [3.63, 3.8) is 0 Å². The van der Waals surface area contributed by atoms with E-state index >= 15 is 0 Å². The van der Waals surface area contributed by atoms with Crippen LogP contribution in [0.15, 0.2) is 24.3 Å². The molecule has 2 amide bonds. The van der Waals surface area contributed by atoms with Crippen molar-refractivity contribution in [1.82, 2.24) is 15.1 Å². The number of carbonyl (C=O) groups excluding carboxylic acids is 2. The molecule has 0 saturated carbocycles. The van der Waals surface area contributed by atoms with Crippen LogP contribution < -0.4 is 10.1 Å². The van der Waals surface area contributed by atoms with Crippen LogP contribution in [0.1, 0.15) is 49.9 Å². The van der Waals surface area contributed by atoms with Gasteiger partial charge in [-0.2, -0.15) is 0 Å². The number of ether oxygens (including phenoxy) is 1. The third kappa shape index (κ3) is 7.21. The van der Waals surface area contributed by atoms with Crippen molar-refractivity contribution in [2.24, 2.45) is 0 Å². The second kappa shape index (κ2) is 11.6. The van der Waals surface area contributed by atoms with Crippen LogP contribution >= 0.6 is 0 Å². The molecule has 1 aromatic rings. The number of carbonyl (C=O) groups is 2. The number of amides is 2. The van der Waals surface area contributed by atoms with Gasteiger partial charge >= 0.3 is 0 Å². The molecule has 1 aromatic carbocycles. The van der Waals surface area contributed by atoms with Crippen LogP contribution in [0, 0.1) is 0 Å². The first-order chi connectivity index (χ1) is 13.1. The molecule has 0 spiro atoms. The standard InChI is InChI=1S/C21H33N3O3/c1-3-5-11-22-20(25)17-23-12-14-24(15-13-23)21(26)18-7-9-19(10-8-18)27-16-6-4-2/h7-10H,3-6,11-17H2,1-2H3,(H,22,25). The SMILES string of the molecule is CCCCNC(=O)CN1CCN(C(=O)c2ccc(OCCCC)cc2)CC1. The third-order valence-corrected chi connectivity index (χ3v) is 4.75. The van der Waals surface area contributed by atoms with Crippen LogP contribution in [0.3, 0.4) is 0 Å². The van der Waals surface area contributed by atoms with Gasteiger partial charge in [0.05, 0.1) is 13.2 Å². The largest absolute Gasteiger partial charge is 0.494 e. The molecular weight excluding hydrogens is 342 g/mol. The molecule has 0 aromatic heterocycles. The molecule has 0 aliphatic carbocycles. The highest BCUT2D eigenvalue weighted by Gasteiger charge is 2.23. The zero-order valence-corrected chi connectivity index (χ0v) is 16.7. The minimum Gasteiger partial charge on any atom is -0.494 e. The molecule has 1 N–H and O–H groups in total. The smallest absolute Gasteiger partial charge is 0.253 e. The van der Waals surface area contributed by atoms with Gasteiger partial charge in [-0.3, -0.25) is 14.5 Å². The van der Waals surface area contributed by atoms with Gasteiger partial charge in [-0.15, -0.1) is 0 Å². The van der Waals surface area contributed by atoms with Gasteiger partial charge in [0.2, 0.25) is 5.91 Å². The lowest BCUT2D eigenvalue weighted by atomic mass is 10.1. The molecule has 1 heterocycles. The van der Waals surface area contributed by atoms with Crippen molar-refractivity contribution < 1.29 is 14.3 Å². The van der Waals surface area contributed by atoms with E-state index < -0.39 is 0 Å². The normalized spacial score (nSPS) is 14.8. The van der Waals surface area contributed by atoms with Crippen molar-refractivity contribution >= 4 is 11.8 Å². The Morgan fingerprint density at radius 1 is 1.00 bits per heavy atom. The van der Waals surface area contributed by atoms with Crippen molar-refractivity contribution in [2.75, 3.05) is 45.9 Å². The van der Waals surface area contributed by atoms with Crippen molar-refractivity contribution in [2.45, 2.75) is 39.5 Å². The molecule has 1 aliphatic rings. The average molecular weight is 376 g/mol. The summed E-state index contributed by atoms with van der Waals surface area (Å²) in [5.74, 6) is 0.919. The average Bonchev–Trinajstić information content (AvgIpc) is 2.69. The van der Waals surface area contributed by atoms with E-state index in [1.54, 1.807) is 0 Å². The van der Waals surface area contributed by atoms with Gasteiger partial charge in [-0.25, -0.2) is 0 Å². The predicted molar refractivity (Wildman–Crippen MR) is 107 cm³/mol. The van der Waals surface area contributed by atoms with Gasteiger partial charge in [0.1, 0.15) is 5.75 Å². The predicted octanol–water partition coefficient (Wildman–Crippen LogP) is 2.54. The molecule has 1 fully saturated rings. The minimum absolute atomic E-state index is 0.0437. The summed E-state index contributed by atoms with van der Waals surface area (Å²) < 4.78 is 5.64. The van der Waals surface area contributed by atoms with Gasteiger partial charge in [0, 0.05) is 38.3 Å². The third-order valence-electron chi connectivity index (χ3n) is 4.75. The zero-order valence-electron chi connectivity index (χ0n) is 16.7. The summed E-state index contributed by atoms with van der Waals surface area (Å²) in [5, 5.41) is 2.94. The molecule has 27 heavy (non-hydrogen) atoms. The maximum Gasteiger partial charge on any atom is 0.253 e. The highest BCUT2D eigenvalue weighted by atomic mass is 16.5. The lowest BCUT2D eigenvalue weighted by Crippen LogP contribution is -2.51. The molecule has 6 heteroatoms. The molecule has 2 rings (SSSR count). The van der Waals surface area contributed by atoms with E-state index in [0.29, 0.717) is 31.8 Å². The number of benzene rings is 1. The Hall–Kier alpha value is -2.08. The number of hydrogen-bond donors (Lipinski definition) is 1. The quantitative estimate of drug-likeness (QED) is 0.639. The fourth-order valence-corrected chi connectivity index (χ4v) is 2.98. The Morgan fingerprint density at radius 2 is 1.67 bits per heavy atom. The summed E-state index contributed by atoms with van der Waals surface area (Å²) in [5.41, 5.74) is 0.684. The Kier molecular flexibility index (Phi) is 9.11. The van der Waals surface area contributed by atoms with Crippen LogP contribution in [-0.2, 0) is 4.79 Å². The van der Waals surface area contributed by atoms with Crippen molar-refractivity contribution in [1.29, 1.82) is 0 Å². The van der Waals surface area contributed by atoms with Gasteiger partial charge in [0.15, 0.2) is 0 Å². The lowest BCUT2D eigenvalue weighted by Gasteiger charge is -2.34. The van der Waals surface area contributed by atoms with Crippen LogP contribution in [0.4, 0.5) is 0 Å². The van der Waals surface area contributed by atoms with Gasteiger partial charge < -0.3 is 15.0 Å². The van der Waals surface area contributed by atoms with E-state index in [9.17, 15) is 9.59 Å². The first kappa shape index (κ1) is 21.2. The maximum atomic E-state index is 12.7. The Balaban J connectivity index is 1.75. The summed E-state index contributed by atoms with van der Waals surface area (Å²) >= 11 is 0. The maximum absolute atomic E-state index is 12.7. The molecule has 0 bridgehead atoms. The summed E-state index contributed by atoms with van der Waals surface area (Å²) in [4.78, 5) is 28.5. The van der Waals surface area contributed by atoms with E-state index in [1.807, 2.05) is 29.2 Å². The van der Waals surface area contributed by atoms with E-state index in [2.05, 4.69) is 24.1 Å². The van der Waals surface area contributed by atoms with Gasteiger partial charge in [-0.05, 0) is 37.1 Å². The number of nitrogens with zero attached hydrogens (tertiary/aromatic N) is 2. The van der Waals surface area contributed by atoms with Crippen molar-refractivity contribution in [3.05, 3.63) is 29.8 Å².